The smallest absolute Gasteiger partial charge is 0.420 e. The van der Waals surface area contributed by atoms with Gasteiger partial charge in [0.15, 0.2) is 5.69 Å². The second-order valence-electron chi connectivity index (χ2n) is 8.79. The molecule has 33 heavy (non-hydrogen) atoms. The van der Waals surface area contributed by atoms with Crippen LogP contribution in [0.3, 0.4) is 0 Å². The average Bonchev–Trinajstić information content (AvgIpc) is 3.28. The molecule has 0 amide bonds. The van der Waals surface area contributed by atoms with Crippen LogP contribution >= 0.6 is 0 Å². The zero-order valence-electron chi connectivity index (χ0n) is 18.5. The molecule has 2 saturated heterocycles. The van der Waals surface area contributed by atoms with Crippen LogP contribution in [0, 0.1) is 5.92 Å². The number of aliphatic hydroxyl groups is 1. The number of aliphatic hydroxyl groups excluding tert-OH is 1. The highest BCUT2D eigenvalue weighted by Crippen LogP contribution is 2.35. The summed E-state index contributed by atoms with van der Waals surface area (Å²) in [6.45, 7) is 3.00. The van der Waals surface area contributed by atoms with Crippen LogP contribution in [-0.2, 0) is 12.6 Å². The number of carbonyl (C=O) groups is 1. The van der Waals surface area contributed by atoms with E-state index in [1.54, 1.807) is 17.0 Å². The summed E-state index contributed by atoms with van der Waals surface area (Å²) in [6, 6.07) is 3.37. The van der Waals surface area contributed by atoms with Crippen LogP contribution in [0.5, 0.6) is 0 Å². The monoisotopic (exact) mass is 466 g/mol. The number of halogens is 3. The standard InChI is InChI=1S/C23H29F3N4O3/c24-23(25,26)21-20(33-22(28-21)30-9-2-1-3-10-30)18(32)14-17-4-5-19(27-15-17)29-11-6-16(7-12-29)8-13-31/h4-5,15-16,31H,1-3,6-14H2. The van der Waals surface area contributed by atoms with Gasteiger partial charge in [-0.15, -0.1) is 0 Å². The topological polar surface area (TPSA) is 82.7 Å². The molecule has 1 N–H and O–H groups in total. The van der Waals surface area contributed by atoms with Gasteiger partial charge in [-0.2, -0.15) is 18.2 Å². The molecule has 2 fully saturated rings. The van der Waals surface area contributed by atoms with Gasteiger partial charge < -0.3 is 19.3 Å². The van der Waals surface area contributed by atoms with Crippen LogP contribution in [0.25, 0.3) is 0 Å². The Bertz CT molecular complexity index is 931. The fourth-order valence-electron chi connectivity index (χ4n) is 4.52. The van der Waals surface area contributed by atoms with E-state index < -0.39 is 23.4 Å². The molecule has 0 bridgehead atoms. The summed E-state index contributed by atoms with van der Waals surface area (Å²) in [6.07, 6.45) is 2.00. The third-order valence-corrected chi connectivity index (χ3v) is 6.41. The Morgan fingerprint density at radius 3 is 2.42 bits per heavy atom. The van der Waals surface area contributed by atoms with Gasteiger partial charge in [0, 0.05) is 45.4 Å². The Morgan fingerprint density at radius 2 is 1.82 bits per heavy atom. The minimum atomic E-state index is -4.77. The lowest BCUT2D eigenvalue weighted by Crippen LogP contribution is -2.34. The van der Waals surface area contributed by atoms with Crippen LogP contribution in [0.15, 0.2) is 22.7 Å². The van der Waals surface area contributed by atoms with Crippen molar-refractivity contribution in [1.82, 2.24) is 9.97 Å². The van der Waals surface area contributed by atoms with Crippen molar-refractivity contribution in [2.45, 2.75) is 51.1 Å². The van der Waals surface area contributed by atoms with Gasteiger partial charge in [-0.3, -0.25) is 4.79 Å². The number of hydrogen-bond donors (Lipinski definition) is 1. The Kier molecular flexibility index (Phi) is 7.21. The largest absolute Gasteiger partial charge is 0.437 e. The highest BCUT2D eigenvalue weighted by atomic mass is 19.4. The van der Waals surface area contributed by atoms with Crippen LogP contribution in [0.2, 0.25) is 0 Å². The lowest BCUT2D eigenvalue weighted by Gasteiger charge is -2.32. The van der Waals surface area contributed by atoms with Crippen molar-refractivity contribution in [2.24, 2.45) is 5.92 Å². The van der Waals surface area contributed by atoms with Crippen LogP contribution in [-0.4, -0.2) is 53.6 Å². The normalized spacial score (nSPS) is 18.1. The molecule has 180 valence electrons. The molecule has 0 atom stereocenters. The molecule has 0 aromatic carbocycles. The molecule has 2 aromatic rings. The van der Waals surface area contributed by atoms with Crippen molar-refractivity contribution in [1.29, 1.82) is 0 Å². The van der Waals surface area contributed by atoms with Crippen LogP contribution < -0.4 is 9.80 Å². The first-order chi connectivity index (χ1) is 15.8. The van der Waals surface area contributed by atoms with Crippen molar-refractivity contribution in [3.8, 4) is 0 Å². The fourth-order valence-corrected chi connectivity index (χ4v) is 4.52. The molecule has 4 rings (SSSR count). The summed E-state index contributed by atoms with van der Waals surface area (Å²) in [7, 11) is 0. The van der Waals surface area contributed by atoms with Gasteiger partial charge in [0.05, 0.1) is 0 Å². The van der Waals surface area contributed by atoms with E-state index in [1.165, 1.54) is 6.20 Å². The van der Waals surface area contributed by atoms with Gasteiger partial charge >= 0.3 is 6.18 Å². The molecule has 0 radical (unpaired) electrons. The first-order valence-electron chi connectivity index (χ1n) is 11.5. The summed E-state index contributed by atoms with van der Waals surface area (Å²) in [5.74, 6) is -0.213. The first-order valence-corrected chi connectivity index (χ1v) is 11.5. The maximum absolute atomic E-state index is 13.5. The predicted octanol–water partition coefficient (Wildman–Crippen LogP) is 4.10. The van der Waals surface area contributed by atoms with Crippen molar-refractivity contribution < 1.29 is 27.5 Å². The Balaban J connectivity index is 1.44. The minimum Gasteiger partial charge on any atom is -0.420 e. The van der Waals surface area contributed by atoms with Crippen molar-refractivity contribution in [3.63, 3.8) is 0 Å². The third kappa shape index (κ3) is 5.66. The van der Waals surface area contributed by atoms with Crippen LogP contribution in [0.1, 0.15) is 60.3 Å². The second-order valence-corrected chi connectivity index (χ2v) is 8.79. The van der Waals surface area contributed by atoms with Gasteiger partial charge in [-0.25, -0.2) is 4.98 Å². The average molecular weight is 467 g/mol. The molecule has 7 nitrogen and oxygen atoms in total. The molecular weight excluding hydrogens is 437 g/mol. The Hall–Kier alpha value is -2.62. The number of piperidine rings is 2. The number of aromatic nitrogens is 2. The van der Waals surface area contributed by atoms with E-state index in [1.807, 2.05) is 0 Å². The van der Waals surface area contributed by atoms with Gasteiger partial charge in [-0.05, 0) is 56.1 Å². The first kappa shape index (κ1) is 23.5. The molecule has 4 heterocycles. The van der Waals surface area contributed by atoms with Crippen molar-refractivity contribution in [2.75, 3.05) is 42.6 Å². The van der Waals surface area contributed by atoms with Gasteiger partial charge in [-0.1, -0.05) is 6.07 Å². The molecule has 0 unspecified atom stereocenters. The number of alkyl halides is 3. The SMILES string of the molecule is O=C(Cc1ccc(N2CCC(CCO)CC2)nc1)c1oc(N2CCCCC2)nc1C(F)(F)F. The maximum atomic E-state index is 13.5. The lowest BCUT2D eigenvalue weighted by atomic mass is 9.94. The quantitative estimate of drug-likeness (QED) is 0.615. The molecule has 2 aliphatic heterocycles. The number of nitrogens with zero attached hydrogens (tertiary/aromatic N) is 4. The number of Topliss-reactive ketones (excluding diaryl/α,β-unsaturated/α-hetero) is 1. The van der Waals surface area contributed by atoms with Crippen LogP contribution in [0.4, 0.5) is 25.0 Å². The Morgan fingerprint density at radius 1 is 1.09 bits per heavy atom. The van der Waals surface area contributed by atoms with Gasteiger partial charge in [0.25, 0.3) is 6.01 Å². The zero-order chi connectivity index (χ0) is 23.4. The molecule has 2 aliphatic rings. The van der Waals surface area contributed by atoms with E-state index >= 15 is 0 Å². The summed E-state index contributed by atoms with van der Waals surface area (Å²) in [5, 5.41) is 9.09. The van der Waals surface area contributed by atoms with E-state index in [9.17, 15) is 18.0 Å². The molecule has 10 heteroatoms. The third-order valence-electron chi connectivity index (χ3n) is 6.41. The lowest BCUT2D eigenvalue weighted by molar-refractivity contribution is -0.141. The highest BCUT2D eigenvalue weighted by molar-refractivity contribution is 5.96. The number of hydrogen-bond acceptors (Lipinski definition) is 7. The Labute approximate surface area is 190 Å². The van der Waals surface area contributed by atoms with Gasteiger partial charge in [0.1, 0.15) is 5.82 Å². The fraction of sp³-hybridized carbons (Fsp3) is 0.609. The number of anilines is 2. The molecule has 0 aliphatic carbocycles. The van der Waals surface area contributed by atoms with E-state index in [-0.39, 0.29) is 19.0 Å². The van der Waals surface area contributed by atoms with E-state index in [2.05, 4.69) is 14.9 Å². The zero-order valence-corrected chi connectivity index (χ0v) is 18.5. The predicted molar refractivity (Wildman–Crippen MR) is 116 cm³/mol. The second kappa shape index (κ2) is 10.1. The summed E-state index contributed by atoms with van der Waals surface area (Å²) >= 11 is 0. The summed E-state index contributed by atoms with van der Waals surface area (Å²) < 4.78 is 46.0. The highest BCUT2D eigenvalue weighted by Gasteiger charge is 2.41. The number of oxazole rings is 1. The summed E-state index contributed by atoms with van der Waals surface area (Å²) in [4.78, 5) is 24.6. The maximum Gasteiger partial charge on any atom is 0.437 e. The van der Waals surface area contributed by atoms with E-state index in [0.29, 0.717) is 24.6 Å². The molecule has 2 aromatic heterocycles. The van der Waals surface area contributed by atoms with E-state index in [4.69, 9.17) is 9.52 Å². The summed E-state index contributed by atoms with van der Waals surface area (Å²) in [5.41, 5.74) is -0.744. The van der Waals surface area contributed by atoms with Gasteiger partial charge in [0.2, 0.25) is 11.5 Å². The molecule has 0 spiro atoms. The van der Waals surface area contributed by atoms with Crippen molar-refractivity contribution >= 4 is 17.6 Å². The number of rotatable bonds is 7. The number of pyridine rings is 1. The van der Waals surface area contributed by atoms with Crippen molar-refractivity contribution in [3.05, 3.63) is 35.3 Å². The van der Waals surface area contributed by atoms with E-state index in [0.717, 1.165) is 57.4 Å². The number of carbonyl (C=O) groups excluding carboxylic acids is 1. The minimum absolute atomic E-state index is 0.136. The molecular formula is C23H29F3N4O3. The molecule has 0 saturated carbocycles. The number of ketones is 1.